The summed E-state index contributed by atoms with van der Waals surface area (Å²) in [6.07, 6.45) is 11.9. The van der Waals surface area contributed by atoms with Crippen LogP contribution in [0.15, 0.2) is 11.7 Å². The maximum Gasteiger partial charge on any atom is 0.0794 e. The van der Waals surface area contributed by atoms with Gasteiger partial charge in [0.05, 0.1) is 11.6 Å². The first kappa shape index (κ1) is 14.2. The van der Waals surface area contributed by atoms with Gasteiger partial charge in [-0.05, 0) is 67.1 Å². The van der Waals surface area contributed by atoms with Gasteiger partial charge in [-0.25, -0.2) is 0 Å². The number of thiazole rings is 1. The van der Waals surface area contributed by atoms with Gasteiger partial charge in [-0.2, -0.15) is 0 Å². The van der Waals surface area contributed by atoms with Crippen molar-refractivity contribution >= 4 is 11.3 Å². The Morgan fingerprint density at radius 1 is 1.24 bits per heavy atom. The quantitative estimate of drug-likeness (QED) is 0.892. The van der Waals surface area contributed by atoms with E-state index in [0.29, 0.717) is 16.2 Å². The molecule has 4 bridgehead atoms. The van der Waals surface area contributed by atoms with Crippen LogP contribution in [0.1, 0.15) is 63.7 Å². The number of nitrogens with zero attached hydrogens (tertiary/aromatic N) is 1. The van der Waals surface area contributed by atoms with Crippen molar-refractivity contribution in [2.24, 2.45) is 22.2 Å². The van der Waals surface area contributed by atoms with Gasteiger partial charge in [0, 0.05) is 17.5 Å². The lowest BCUT2D eigenvalue weighted by Gasteiger charge is -2.66. The average molecular weight is 305 g/mol. The maximum atomic E-state index is 10.6. The molecule has 4 fully saturated rings. The first-order valence-corrected chi connectivity index (χ1v) is 9.31. The number of rotatable bonds is 4. The molecule has 116 valence electrons. The number of aliphatic hydroxyl groups excluding tert-OH is 1. The van der Waals surface area contributed by atoms with Gasteiger partial charge in [0.25, 0.3) is 0 Å². The molecule has 3 atom stereocenters. The van der Waals surface area contributed by atoms with Crippen LogP contribution in [0.3, 0.4) is 0 Å². The van der Waals surface area contributed by atoms with E-state index in [0.717, 1.165) is 18.8 Å². The normalized spacial score (nSPS) is 46.0. The molecule has 4 saturated carbocycles. The largest absolute Gasteiger partial charge is 0.393 e. The highest BCUT2D eigenvalue weighted by molar-refractivity contribution is 7.09. The smallest absolute Gasteiger partial charge is 0.0794 e. The SMILES string of the molecule is CC12CC3CC(C)(C1)CC(CC(O)Cc1cncs1)(C3)C2. The molecular weight excluding hydrogens is 278 g/mol. The van der Waals surface area contributed by atoms with Crippen molar-refractivity contribution in [3.63, 3.8) is 0 Å². The summed E-state index contributed by atoms with van der Waals surface area (Å²) in [5.41, 5.74) is 3.40. The minimum atomic E-state index is -0.186. The number of hydrogen-bond donors (Lipinski definition) is 1. The van der Waals surface area contributed by atoms with Crippen LogP contribution < -0.4 is 0 Å². The van der Waals surface area contributed by atoms with Crippen LogP contribution in [-0.2, 0) is 6.42 Å². The predicted molar refractivity (Wildman–Crippen MR) is 86.3 cm³/mol. The molecule has 0 spiro atoms. The van der Waals surface area contributed by atoms with Crippen LogP contribution >= 0.6 is 11.3 Å². The van der Waals surface area contributed by atoms with Gasteiger partial charge >= 0.3 is 0 Å². The molecule has 1 aromatic rings. The van der Waals surface area contributed by atoms with Crippen molar-refractivity contribution in [3.8, 4) is 0 Å². The molecule has 3 unspecified atom stereocenters. The molecule has 21 heavy (non-hydrogen) atoms. The highest BCUT2D eigenvalue weighted by Gasteiger charge is 2.60. The molecule has 5 rings (SSSR count). The van der Waals surface area contributed by atoms with E-state index in [4.69, 9.17) is 0 Å². The molecule has 0 aromatic carbocycles. The van der Waals surface area contributed by atoms with E-state index >= 15 is 0 Å². The molecule has 3 heteroatoms. The fourth-order valence-electron chi connectivity index (χ4n) is 7.06. The molecule has 1 heterocycles. The summed E-state index contributed by atoms with van der Waals surface area (Å²) in [5.74, 6) is 0.923. The monoisotopic (exact) mass is 305 g/mol. The van der Waals surface area contributed by atoms with Crippen molar-refractivity contribution in [1.82, 2.24) is 4.98 Å². The third kappa shape index (κ3) is 2.57. The minimum Gasteiger partial charge on any atom is -0.393 e. The third-order valence-electron chi connectivity index (χ3n) is 6.33. The highest BCUT2D eigenvalue weighted by Crippen LogP contribution is 2.70. The van der Waals surface area contributed by atoms with Gasteiger partial charge in [0.2, 0.25) is 0 Å². The van der Waals surface area contributed by atoms with Gasteiger partial charge in [-0.1, -0.05) is 13.8 Å². The molecule has 4 aliphatic rings. The topological polar surface area (TPSA) is 33.1 Å². The summed E-state index contributed by atoms with van der Waals surface area (Å²) in [7, 11) is 0. The summed E-state index contributed by atoms with van der Waals surface area (Å²) >= 11 is 1.67. The minimum absolute atomic E-state index is 0.186. The predicted octanol–water partition coefficient (Wildman–Crippen LogP) is 4.43. The Bertz CT molecular complexity index is 507. The Morgan fingerprint density at radius 3 is 2.52 bits per heavy atom. The van der Waals surface area contributed by atoms with Gasteiger partial charge in [0.1, 0.15) is 0 Å². The van der Waals surface area contributed by atoms with Gasteiger partial charge in [-0.15, -0.1) is 11.3 Å². The van der Waals surface area contributed by atoms with E-state index in [9.17, 15) is 5.11 Å². The van der Waals surface area contributed by atoms with Crippen molar-refractivity contribution in [2.45, 2.75) is 71.3 Å². The Kier molecular flexibility index (Phi) is 3.07. The van der Waals surface area contributed by atoms with Crippen molar-refractivity contribution < 1.29 is 5.11 Å². The number of aliphatic hydroxyl groups is 1. The molecule has 1 N–H and O–H groups in total. The molecular formula is C18H27NOS. The van der Waals surface area contributed by atoms with E-state index in [1.54, 1.807) is 11.3 Å². The second-order valence-corrected chi connectivity index (χ2v) is 10.1. The summed E-state index contributed by atoms with van der Waals surface area (Å²) in [6.45, 7) is 5.03. The van der Waals surface area contributed by atoms with Crippen LogP contribution in [0.25, 0.3) is 0 Å². The summed E-state index contributed by atoms with van der Waals surface area (Å²) in [6, 6.07) is 0. The maximum absolute atomic E-state index is 10.6. The highest BCUT2D eigenvalue weighted by atomic mass is 32.1. The van der Waals surface area contributed by atoms with Crippen LogP contribution in [0.5, 0.6) is 0 Å². The van der Waals surface area contributed by atoms with Gasteiger partial charge < -0.3 is 5.11 Å². The van der Waals surface area contributed by atoms with Crippen molar-refractivity contribution in [2.75, 3.05) is 0 Å². The van der Waals surface area contributed by atoms with E-state index in [1.807, 2.05) is 11.7 Å². The van der Waals surface area contributed by atoms with Crippen molar-refractivity contribution in [3.05, 3.63) is 16.6 Å². The molecule has 1 aromatic heterocycles. The summed E-state index contributed by atoms with van der Waals surface area (Å²) < 4.78 is 0. The zero-order valence-electron chi connectivity index (χ0n) is 13.3. The Balaban J connectivity index is 1.51. The van der Waals surface area contributed by atoms with Crippen LogP contribution in [0.2, 0.25) is 0 Å². The third-order valence-corrected chi connectivity index (χ3v) is 7.13. The molecule has 0 aliphatic heterocycles. The van der Waals surface area contributed by atoms with Crippen LogP contribution in [0.4, 0.5) is 0 Å². The Hall–Kier alpha value is -0.410. The van der Waals surface area contributed by atoms with Crippen molar-refractivity contribution in [1.29, 1.82) is 0 Å². The standard InChI is InChI=1S/C18H27NOS/c1-16-4-13-5-17(2,9-16)11-18(6-13,10-16)7-14(20)3-15-8-19-12-21-15/h8,12-14,20H,3-7,9-11H2,1-2H3. The molecule has 0 saturated heterocycles. The zero-order valence-corrected chi connectivity index (χ0v) is 14.1. The van der Waals surface area contributed by atoms with Gasteiger partial charge in [0.15, 0.2) is 0 Å². The van der Waals surface area contributed by atoms with Crippen LogP contribution in [0, 0.1) is 22.2 Å². The van der Waals surface area contributed by atoms with E-state index in [1.165, 1.54) is 43.4 Å². The summed E-state index contributed by atoms with van der Waals surface area (Å²) in [4.78, 5) is 5.36. The lowest BCUT2D eigenvalue weighted by Crippen LogP contribution is -2.55. The fraction of sp³-hybridized carbons (Fsp3) is 0.833. The lowest BCUT2D eigenvalue weighted by molar-refractivity contribution is -0.156. The second kappa shape index (κ2) is 4.55. The molecule has 0 amide bonds. The first-order valence-electron chi connectivity index (χ1n) is 8.43. The number of hydrogen-bond acceptors (Lipinski definition) is 3. The van der Waals surface area contributed by atoms with E-state index in [2.05, 4.69) is 18.8 Å². The average Bonchev–Trinajstić information content (AvgIpc) is 2.74. The number of aromatic nitrogens is 1. The van der Waals surface area contributed by atoms with E-state index in [-0.39, 0.29) is 6.10 Å². The Morgan fingerprint density at radius 2 is 1.95 bits per heavy atom. The molecule has 0 radical (unpaired) electrons. The molecule has 2 nitrogen and oxygen atoms in total. The first-order chi connectivity index (χ1) is 9.88. The second-order valence-electron chi connectivity index (χ2n) is 9.16. The summed E-state index contributed by atoms with van der Waals surface area (Å²) in [5, 5.41) is 10.6. The van der Waals surface area contributed by atoms with Crippen LogP contribution in [-0.4, -0.2) is 16.2 Å². The lowest BCUT2D eigenvalue weighted by atomic mass is 9.39. The zero-order chi connectivity index (χ0) is 14.7. The van der Waals surface area contributed by atoms with E-state index < -0.39 is 0 Å². The van der Waals surface area contributed by atoms with Gasteiger partial charge in [-0.3, -0.25) is 4.98 Å². The Labute approximate surface area is 132 Å². The fourth-order valence-corrected chi connectivity index (χ4v) is 7.73. The molecule has 4 aliphatic carbocycles.